The third-order valence-electron chi connectivity index (χ3n) is 0.937. The average molecular weight is 207 g/mol. The molecule has 1 aromatic carbocycles. The molecule has 0 aliphatic carbocycles. The number of phosphoric acid groups is 1. The molecule has 7 heteroatoms. The lowest BCUT2D eigenvalue weighted by Crippen LogP contribution is -1.82. The average Bonchev–Trinajstić information content (AvgIpc) is 1.92. The number of anilines is 1. The van der Waals surface area contributed by atoms with Crippen molar-refractivity contribution in [1.29, 1.82) is 0 Å². The smallest absolute Gasteiger partial charge is 0.466 e. The Morgan fingerprint density at radius 3 is 1.77 bits per heavy atom. The van der Waals surface area contributed by atoms with Crippen molar-refractivity contribution in [2.45, 2.75) is 0 Å². The van der Waals surface area contributed by atoms with E-state index in [0.29, 0.717) is 5.69 Å². The Balaban J connectivity index is 0.000000252. The maximum Gasteiger partial charge on any atom is 0.466 e. The van der Waals surface area contributed by atoms with E-state index in [9.17, 15) is 0 Å². The van der Waals surface area contributed by atoms with Crippen LogP contribution in [0, 0.1) is 0 Å². The van der Waals surface area contributed by atoms with Gasteiger partial charge in [-0.1, -0.05) is 12.1 Å². The normalized spacial score (nSPS) is 10.1. The van der Waals surface area contributed by atoms with E-state index in [1.165, 1.54) is 0 Å². The first-order chi connectivity index (χ1) is 5.80. The molecule has 0 aromatic heterocycles. The lowest BCUT2D eigenvalue weighted by Gasteiger charge is -1.92. The molecular weight excluding hydrogens is 197 g/mol. The summed E-state index contributed by atoms with van der Waals surface area (Å²) in [6, 6.07) is 6.70. The molecule has 0 unspecified atom stereocenters. The molecule has 74 valence electrons. The number of phenols is 1. The third-order valence-corrected chi connectivity index (χ3v) is 0.937. The monoisotopic (exact) mass is 207 g/mol. The van der Waals surface area contributed by atoms with Gasteiger partial charge in [-0.15, -0.1) is 0 Å². The van der Waals surface area contributed by atoms with Crippen LogP contribution in [0.1, 0.15) is 0 Å². The first-order valence-electron chi connectivity index (χ1n) is 3.12. The Morgan fingerprint density at radius 2 is 1.54 bits per heavy atom. The summed E-state index contributed by atoms with van der Waals surface area (Å²) in [6.45, 7) is 0. The fourth-order valence-electron chi connectivity index (χ4n) is 0.488. The van der Waals surface area contributed by atoms with Crippen LogP contribution in [0.25, 0.3) is 0 Å². The van der Waals surface area contributed by atoms with Gasteiger partial charge in [0.15, 0.2) is 0 Å². The van der Waals surface area contributed by atoms with Crippen molar-refractivity contribution in [3.8, 4) is 5.75 Å². The maximum absolute atomic E-state index is 8.88. The fourth-order valence-corrected chi connectivity index (χ4v) is 0.488. The first-order valence-corrected chi connectivity index (χ1v) is 4.69. The molecule has 0 radical (unpaired) electrons. The summed E-state index contributed by atoms with van der Waals surface area (Å²) in [5.41, 5.74) is 5.69. The number of hydrogen-bond donors (Lipinski definition) is 5. The van der Waals surface area contributed by atoms with E-state index >= 15 is 0 Å². The molecule has 0 amide bonds. The lowest BCUT2D eigenvalue weighted by molar-refractivity contribution is 0.275. The van der Waals surface area contributed by atoms with Crippen LogP contribution in [0.5, 0.6) is 5.75 Å². The van der Waals surface area contributed by atoms with E-state index in [-0.39, 0.29) is 5.75 Å². The van der Waals surface area contributed by atoms with Crippen LogP contribution in [0.3, 0.4) is 0 Å². The highest BCUT2D eigenvalue weighted by Gasteiger charge is 2.00. The number of para-hydroxylation sites is 2. The fraction of sp³-hybridized carbons (Fsp3) is 0. The van der Waals surface area contributed by atoms with E-state index in [4.69, 9.17) is 30.1 Å². The van der Waals surface area contributed by atoms with Gasteiger partial charge in [-0.3, -0.25) is 0 Å². The van der Waals surface area contributed by atoms with Gasteiger partial charge < -0.3 is 25.5 Å². The first kappa shape index (κ1) is 11.9. The van der Waals surface area contributed by atoms with E-state index in [2.05, 4.69) is 0 Å². The molecule has 0 bridgehead atoms. The van der Waals surface area contributed by atoms with Gasteiger partial charge in [-0.05, 0) is 12.1 Å². The zero-order chi connectivity index (χ0) is 10.5. The van der Waals surface area contributed by atoms with Crippen molar-refractivity contribution in [3.05, 3.63) is 24.3 Å². The Kier molecular flexibility index (Phi) is 4.44. The Bertz CT molecular complexity index is 280. The number of rotatable bonds is 0. The molecule has 1 aromatic rings. The predicted octanol–water partition coefficient (Wildman–Crippen LogP) is 0.0458. The van der Waals surface area contributed by atoms with Crippen molar-refractivity contribution in [3.63, 3.8) is 0 Å². The number of benzene rings is 1. The van der Waals surface area contributed by atoms with Crippen LogP contribution < -0.4 is 5.73 Å². The number of nitrogen functional groups attached to an aromatic ring is 1. The molecule has 6 nitrogen and oxygen atoms in total. The van der Waals surface area contributed by atoms with Gasteiger partial charge >= 0.3 is 7.82 Å². The SMILES string of the molecule is Nc1ccccc1O.O=P(O)(O)O. The van der Waals surface area contributed by atoms with E-state index in [0.717, 1.165) is 0 Å². The topological polar surface area (TPSA) is 124 Å². The molecule has 0 saturated heterocycles. The van der Waals surface area contributed by atoms with Crippen LogP contribution in [0.4, 0.5) is 5.69 Å². The van der Waals surface area contributed by atoms with Crippen LogP contribution in [0.2, 0.25) is 0 Å². The highest BCUT2D eigenvalue weighted by Crippen LogP contribution is 2.25. The highest BCUT2D eigenvalue weighted by molar-refractivity contribution is 7.45. The molecule has 0 aliphatic rings. The van der Waals surface area contributed by atoms with E-state index in [1.807, 2.05) is 0 Å². The summed E-state index contributed by atoms with van der Waals surface area (Å²) < 4.78 is 8.88. The van der Waals surface area contributed by atoms with Gasteiger partial charge in [-0.25, -0.2) is 4.57 Å². The van der Waals surface area contributed by atoms with Crippen LogP contribution in [-0.4, -0.2) is 19.8 Å². The summed E-state index contributed by atoms with van der Waals surface area (Å²) in [5, 5.41) is 8.79. The molecule has 0 fully saturated rings. The number of phenolic OH excluding ortho intramolecular Hbond substituents is 1. The van der Waals surface area contributed by atoms with Gasteiger partial charge in [0.2, 0.25) is 0 Å². The summed E-state index contributed by atoms with van der Waals surface area (Å²) >= 11 is 0. The minimum absolute atomic E-state index is 0.146. The zero-order valence-corrected chi connectivity index (χ0v) is 7.43. The van der Waals surface area contributed by atoms with Crippen molar-refractivity contribution >= 4 is 13.5 Å². The highest BCUT2D eigenvalue weighted by atomic mass is 31.2. The van der Waals surface area contributed by atoms with Crippen molar-refractivity contribution in [2.75, 3.05) is 5.73 Å². The van der Waals surface area contributed by atoms with Crippen LogP contribution in [0.15, 0.2) is 24.3 Å². The summed E-state index contributed by atoms with van der Waals surface area (Å²) in [7, 11) is -4.64. The number of hydrogen-bond acceptors (Lipinski definition) is 3. The number of nitrogens with two attached hydrogens (primary N) is 1. The van der Waals surface area contributed by atoms with Crippen molar-refractivity contribution in [1.82, 2.24) is 0 Å². The molecule has 6 N–H and O–H groups in total. The molecule has 0 aliphatic heterocycles. The second-order valence-corrected chi connectivity index (χ2v) is 3.10. The minimum Gasteiger partial charge on any atom is -0.506 e. The largest absolute Gasteiger partial charge is 0.506 e. The Morgan fingerprint density at radius 1 is 1.15 bits per heavy atom. The van der Waals surface area contributed by atoms with Crippen molar-refractivity contribution in [2.24, 2.45) is 0 Å². The lowest BCUT2D eigenvalue weighted by atomic mass is 10.3. The van der Waals surface area contributed by atoms with Gasteiger partial charge in [0.1, 0.15) is 5.75 Å². The molecule has 0 heterocycles. The second kappa shape index (κ2) is 4.84. The quantitative estimate of drug-likeness (QED) is 0.232. The van der Waals surface area contributed by atoms with Crippen LogP contribution in [-0.2, 0) is 4.57 Å². The molecular formula is C6H10NO5P. The maximum atomic E-state index is 8.88. The number of aromatic hydroxyl groups is 1. The van der Waals surface area contributed by atoms with Gasteiger partial charge in [-0.2, -0.15) is 0 Å². The van der Waals surface area contributed by atoms with Gasteiger partial charge in [0.25, 0.3) is 0 Å². The minimum atomic E-state index is -4.64. The molecule has 0 spiro atoms. The summed E-state index contributed by atoms with van der Waals surface area (Å²) in [5.74, 6) is 0.146. The van der Waals surface area contributed by atoms with E-state index in [1.54, 1.807) is 24.3 Å². The molecule has 0 saturated carbocycles. The predicted molar refractivity (Wildman–Crippen MR) is 46.8 cm³/mol. The van der Waals surface area contributed by atoms with Gasteiger partial charge in [0, 0.05) is 0 Å². The second-order valence-electron chi connectivity index (χ2n) is 2.07. The van der Waals surface area contributed by atoms with Gasteiger partial charge in [0.05, 0.1) is 5.69 Å². The summed E-state index contributed by atoms with van der Waals surface area (Å²) in [4.78, 5) is 21.6. The van der Waals surface area contributed by atoms with Crippen LogP contribution >= 0.6 is 7.82 Å². The molecule has 13 heavy (non-hydrogen) atoms. The Labute approximate surface area is 74.5 Å². The Hall–Kier alpha value is -1.07. The summed E-state index contributed by atoms with van der Waals surface area (Å²) in [6.07, 6.45) is 0. The standard InChI is InChI=1S/C6H7NO.H3O4P/c7-5-3-1-2-4-6(5)8;1-5(2,3)4/h1-4,8H,7H2;(H3,1,2,3,4). The molecule has 0 atom stereocenters. The molecule has 1 rings (SSSR count). The van der Waals surface area contributed by atoms with Crippen molar-refractivity contribution < 1.29 is 24.4 Å². The zero-order valence-electron chi connectivity index (χ0n) is 6.53. The van der Waals surface area contributed by atoms with E-state index < -0.39 is 7.82 Å². The third kappa shape index (κ3) is 8.84.